The van der Waals surface area contributed by atoms with Gasteiger partial charge in [0.1, 0.15) is 4.90 Å². The number of anilines is 1. The highest BCUT2D eigenvalue weighted by Crippen LogP contribution is 3.02. The number of halogens is 5. The van der Waals surface area contributed by atoms with Crippen LogP contribution in [0, 0.1) is 0 Å². The Morgan fingerprint density at radius 2 is 1.83 bits per heavy atom. The summed E-state index contributed by atoms with van der Waals surface area (Å²) in [7, 11) is -9.83. The van der Waals surface area contributed by atoms with Crippen molar-refractivity contribution in [2.75, 3.05) is 12.3 Å². The van der Waals surface area contributed by atoms with E-state index in [2.05, 4.69) is 4.74 Å². The zero-order valence-corrected chi connectivity index (χ0v) is 9.95. The van der Waals surface area contributed by atoms with Gasteiger partial charge >= 0.3 is 16.2 Å². The third-order valence-corrected chi connectivity index (χ3v) is 3.11. The van der Waals surface area contributed by atoms with Gasteiger partial charge in [0.2, 0.25) is 0 Å². The molecule has 3 nitrogen and oxygen atoms in total. The molecule has 1 rings (SSSR count). The van der Waals surface area contributed by atoms with Crippen LogP contribution in [0.25, 0.3) is 0 Å². The third kappa shape index (κ3) is 3.25. The van der Waals surface area contributed by atoms with Crippen LogP contribution in [0.4, 0.5) is 25.1 Å². The standard InChI is InChI=1S/C9H10F5NO2S/c1-2-17-9(16)7-5-6(3-4-8(7)15)18(10,11,12,13)14/h3-5H,2,15H2,1H3. The van der Waals surface area contributed by atoms with Gasteiger partial charge in [0.15, 0.2) is 0 Å². The van der Waals surface area contributed by atoms with Crippen LogP contribution in [0.5, 0.6) is 0 Å². The normalized spacial score (nSPS) is 15.7. The number of hydrogen-bond acceptors (Lipinski definition) is 3. The molecule has 9 heteroatoms. The molecule has 0 aromatic heterocycles. The average Bonchev–Trinajstić information content (AvgIpc) is 2.14. The molecule has 0 fully saturated rings. The summed E-state index contributed by atoms with van der Waals surface area (Å²) in [5, 5.41) is 0. The van der Waals surface area contributed by atoms with Crippen molar-refractivity contribution < 1.29 is 29.0 Å². The van der Waals surface area contributed by atoms with E-state index in [0.29, 0.717) is 6.07 Å². The molecule has 0 spiro atoms. The zero-order valence-electron chi connectivity index (χ0n) is 9.13. The summed E-state index contributed by atoms with van der Waals surface area (Å²) in [6.07, 6.45) is 0. The van der Waals surface area contributed by atoms with Gasteiger partial charge in [0.25, 0.3) is 0 Å². The van der Waals surface area contributed by atoms with Gasteiger partial charge < -0.3 is 10.5 Å². The molecule has 0 heterocycles. The van der Waals surface area contributed by atoms with Gasteiger partial charge in [0.05, 0.1) is 12.2 Å². The van der Waals surface area contributed by atoms with Gasteiger partial charge in [-0.25, -0.2) is 4.79 Å². The number of carbonyl (C=O) groups excluding carboxylic acids is 1. The van der Waals surface area contributed by atoms with E-state index >= 15 is 0 Å². The highest BCUT2D eigenvalue weighted by atomic mass is 32.5. The molecule has 0 amide bonds. The largest absolute Gasteiger partial charge is 0.462 e. The summed E-state index contributed by atoms with van der Waals surface area (Å²) in [4.78, 5) is 9.08. The number of carbonyl (C=O) groups is 1. The lowest BCUT2D eigenvalue weighted by Gasteiger charge is -2.40. The Labute approximate surface area is 99.4 Å². The third-order valence-electron chi connectivity index (χ3n) is 1.97. The molecular weight excluding hydrogens is 281 g/mol. The van der Waals surface area contributed by atoms with E-state index in [-0.39, 0.29) is 24.4 Å². The minimum atomic E-state index is -9.83. The van der Waals surface area contributed by atoms with Gasteiger partial charge in [-0.05, 0) is 25.1 Å². The second kappa shape index (κ2) is 3.50. The SMILES string of the molecule is CCOC(=O)c1cc(S(F)(F)(F)(F)F)ccc1N. The second-order valence-corrected chi connectivity index (χ2v) is 5.85. The van der Waals surface area contributed by atoms with E-state index in [1.165, 1.54) is 6.92 Å². The van der Waals surface area contributed by atoms with E-state index in [9.17, 15) is 24.2 Å². The number of hydrogen-bond donors (Lipinski definition) is 1. The fourth-order valence-electron chi connectivity index (χ4n) is 1.16. The molecule has 0 aliphatic rings. The lowest BCUT2D eigenvalue weighted by atomic mass is 10.2. The highest BCUT2D eigenvalue weighted by molar-refractivity contribution is 8.45. The smallest absolute Gasteiger partial charge is 0.340 e. The lowest BCUT2D eigenvalue weighted by molar-refractivity contribution is 0.0527. The van der Waals surface area contributed by atoms with Gasteiger partial charge in [0, 0.05) is 5.69 Å². The first-order valence-electron chi connectivity index (χ1n) is 4.66. The Morgan fingerprint density at radius 3 is 2.28 bits per heavy atom. The number of esters is 1. The Hall–Kier alpha value is -1.51. The van der Waals surface area contributed by atoms with Crippen molar-refractivity contribution in [3.63, 3.8) is 0 Å². The Balaban J connectivity index is 3.39. The summed E-state index contributed by atoms with van der Waals surface area (Å²) >= 11 is 0. The first kappa shape index (κ1) is 14.6. The first-order chi connectivity index (χ1) is 7.85. The maximum Gasteiger partial charge on any atom is 0.340 e. The molecule has 0 aliphatic heterocycles. The molecule has 0 saturated heterocycles. The van der Waals surface area contributed by atoms with E-state index in [0.717, 1.165) is 0 Å². The number of nitrogen functional groups attached to an aromatic ring is 1. The first-order valence-corrected chi connectivity index (χ1v) is 6.61. The molecule has 0 saturated carbocycles. The molecule has 0 bridgehead atoms. The molecule has 0 atom stereocenters. The van der Waals surface area contributed by atoms with E-state index in [1.54, 1.807) is 0 Å². The quantitative estimate of drug-likeness (QED) is 0.518. The van der Waals surface area contributed by atoms with Gasteiger partial charge in [-0.2, -0.15) is 0 Å². The number of ether oxygens (including phenoxy) is 1. The Morgan fingerprint density at radius 1 is 1.28 bits per heavy atom. The van der Waals surface area contributed by atoms with E-state index in [1.807, 2.05) is 0 Å². The predicted molar refractivity (Wildman–Crippen MR) is 58.2 cm³/mol. The molecule has 0 unspecified atom stereocenters. The topological polar surface area (TPSA) is 52.3 Å². The van der Waals surface area contributed by atoms with Crippen LogP contribution < -0.4 is 5.73 Å². The molecular formula is C9H10F5NO2S. The average molecular weight is 291 g/mol. The number of rotatable bonds is 3. The van der Waals surface area contributed by atoms with Crippen molar-refractivity contribution in [3.05, 3.63) is 23.8 Å². The summed E-state index contributed by atoms with van der Waals surface area (Å²) in [5.41, 5.74) is 4.15. The van der Waals surface area contributed by atoms with E-state index in [4.69, 9.17) is 5.73 Å². The Bertz CT molecular complexity index is 499. The molecule has 2 N–H and O–H groups in total. The lowest BCUT2D eigenvalue weighted by Crippen LogP contribution is -2.12. The van der Waals surface area contributed by atoms with Crippen LogP contribution in [-0.2, 0) is 4.74 Å². The van der Waals surface area contributed by atoms with Crippen molar-refractivity contribution in [3.8, 4) is 0 Å². The van der Waals surface area contributed by atoms with Crippen LogP contribution >= 0.6 is 10.2 Å². The van der Waals surface area contributed by atoms with Crippen molar-refractivity contribution in [2.24, 2.45) is 0 Å². The van der Waals surface area contributed by atoms with Crippen LogP contribution in [-0.4, -0.2) is 12.6 Å². The zero-order chi connectivity index (χ0) is 14.3. The number of benzene rings is 1. The van der Waals surface area contributed by atoms with Gasteiger partial charge in [-0.15, -0.1) is 0 Å². The number of nitrogens with two attached hydrogens (primary N) is 1. The van der Waals surface area contributed by atoms with Crippen LogP contribution in [0.1, 0.15) is 17.3 Å². The summed E-state index contributed by atoms with van der Waals surface area (Å²) in [6.45, 7) is 1.31. The Kier molecular flexibility index (Phi) is 2.83. The van der Waals surface area contributed by atoms with Crippen molar-refractivity contribution in [1.29, 1.82) is 0 Å². The van der Waals surface area contributed by atoms with Crippen molar-refractivity contribution in [1.82, 2.24) is 0 Å². The minimum absolute atomic E-state index is 0.00881. The minimum Gasteiger partial charge on any atom is -0.462 e. The highest BCUT2D eigenvalue weighted by Gasteiger charge is 2.65. The maximum atomic E-state index is 12.5. The summed E-state index contributed by atoms with van der Waals surface area (Å²) in [5.74, 6) is -1.18. The van der Waals surface area contributed by atoms with Gasteiger partial charge in [-0.3, -0.25) is 0 Å². The predicted octanol–water partition coefficient (Wildman–Crippen LogP) is 4.10. The van der Waals surface area contributed by atoms with Crippen LogP contribution in [0.2, 0.25) is 0 Å². The molecule has 18 heavy (non-hydrogen) atoms. The van der Waals surface area contributed by atoms with Crippen LogP contribution in [0.15, 0.2) is 23.1 Å². The van der Waals surface area contributed by atoms with Crippen molar-refractivity contribution >= 4 is 21.9 Å². The maximum absolute atomic E-state index is 12.5. The summed E-state index contributed by atoms with van der Waals surface area (Å²) < 4.78 is 67.0. The second-order valence-electron chi connectivity index (χ2n) is 3.44. The van der Waals surface area contributed by atoms with E-state index < -0.39 is 26.7 Å². The fraction of sp³-hybridized carbons (Fsp3) is 0.222. The fourth-order valence-corrected chi connectivity index (χ4v) is 1.83. The molecule has 1 aromatic rings. The molecule has 104 valence electrons. The molecule has 1 aromatic carbocycles. The monoisotopic (exact) mass is 291 g/mol. The van der Waals surface area contributed by atoms with Gasteiger partial charge in [-0.1, -0.05) is 19.4 Å². The van der Waals surface area contributed by atoms with Crippen LogP contribution in [0.3, 0.4) is 0 Å². The molecule has 0 aliphatic carbocycles. The molecule has 0 radical (unpaired) electrons. The van der Waals surface area contributed by atoms with Crippen molar-refractivity contribution in [2.45, 2.75) is 11.8 Å². The summed E-state index contributed by atoms with van der Waals surface area (Å²) in [6, 6.07) is 0.744.